The lowest BCUT2D eigenvalue weighted by Crippen LogP contribution is -2.20. The monoisotopic (exact) mass is 238 g/mol. The average Bonchev–Trinajstić information content (AvgIpc) is 2.56. The normalized spacial score (nSPS) is 12.6. The van der Waals surface area contributed by atoms with Gasteiger partial charge in [0.25, 0.3) is 0 Å². The third-order valence-electron chi connectivity index (χ3n) is 2.82. The van der Waals surface area contributed by atoms with Gasteiger partial charge in [0.15, 0.2) is 0 Å². The van der Waals surface area contributed by atoms with Gasteiger partial charge in [-0.3, -0.25) is 9.48 Å². The Kier molecular flexibility index (Phi) is 5.15. The summed E-state index contributed by atoms with van der Waals surface area (Å²) in [5.74, 6) is -0.221. The molecule has 3 N–H and O–H groups in total. The van der Waals surface area contributed by atoms with E-state index in [4.69, 9.17) is 5.73 Å². The average molecular weight is 238 g/mol. The number of carbonyl (C=O) groups excluding carboxylic acids is 1. The van der Waals surface area contributed by atoms with E-state index in [9.17, 15) is 4.79 Å². The molecule has 0 radical (unpaired) electrons. The fourth-order valence-electron chi connectivity index (χ4n) is 1.90. The molecule has 5 heteroatoms. The first-order chi connectivity index (χ1) is 8.00. The summed E-state index contributed by atoms with van der Waals surface area (Å²) in [4.78, 5) is 10.6. The fraction of sp³-hybridized carbons (Fsp3) is 0.667. The van der Waals surface area contributed by atoms with Crippen LogP contribution in [0.15, 0.2) is 6.20 Å². The van der Waals surface area contributed by atoms with Crippen LogP contribution in [0.25, 0.3) is 0 Å². The van der Waals surface area contributed by atoms with Crippen LogP contribution in [0.2, 0.25) is 0 Å². The molecule has 1 aromatic heterocycles. The predicted molar refractivity (Wildman–Crippen MR) is 67.4 cm³/mol. The maximum absolute atomic E-state index is 10.6. The van der Waals surface area contributed by atoms with Crippen LogP contribution in [-0.2, 0) is 11.8 Å². The molecule has 17 heavy (non-hydrogen) atoms. The zero-order valence-corrected chi connectivity index (χ0v) is 10.9. The van der Waals surface area contributed by atoms with Crippen LogP contribution < -0.4 is 11.1 Å². The van der Waals surface area contributed by atoms with E-state index in [1.165, 1.54) is 5.56 Å². The third kappa shape index (κ3) is 4.56. The lowest BCUT2D eigenvalue weighted by atomic mass is 10.1. The molecule has 0 aliphatic rings. The highest BCUT2D eigenvalue weighted by Gasteiger charge is 2.10. The lowest BCUT2D eigenvalue weighted by Gasteiger charge is -2.12. The molecule has 0 fully saturated rings. The van der Waals surface area contributed by atoms with Crippen LogP contribution in [0.3, 0.4) is 0 Å². The summed E-state index contributed by atoms with van der Waals surface area (Å²) in [6.07, 6.45) is 4.33. The summed E-state index contributed by atoms with van der Waals surface area (Å²) in [6, 6.07) is 0.289. The van der Waals surface area contributed by atoms with Crippen molar-refractivity contribution < 1.29 is 4.79 Å². The van der Waals surface area contributed by atoms with Crippen molar-refractivity contribution in [2.45, 2.75) is 39.2 Å². The van der Waals surface area contributed by atoms with Gasteiger partial charge in [0, 0.05) is 31.3 Å². The van der Waals surface area contributed by atoms with E-state index in [-0.39, 0.29) is 11.9 Å². The van der Waals surface area contributed by atoms with Crippen molar-refractivity contribution in [2.24, 2.45) is 12.8 Å². The topological polar surface area (TPSA) is 72.9 Å². The van der Waals surface area contributed by atoms with Gasteiger partial charge in [0.2, 0.25) is 5.91 Å². The molecule has 0 aliphatic carbocycles. The number of nitrogens with two attached hydrogens (primary N) is 1. The van der Waals surface area contributed by atoms with Gasteiger partial charge in [-0.15, -0.1) is 0 Å². The SMILES string of the molecule is Cc1nn(C)cc1C(C)NCCCCC(N)=O. The third-order valence-corrected chi connectivity index (χ3v) is 2.82. The molecule has 0 saturated heterocycles. The summed E-state index contributed by atoms with van der Waals surface area (Å²) in [5.41, 5.74) is 7.36. The van der Waals surface area contributed by atoms with Crippen molar-refractivity contribution in [3.8, 4) is 0 Å². The molecule has 1 aromatic rings. The van der Waals surface area contributed by atoms with Gasteiger partial charge in [0.05, 0.1) is 5.69 Å². The first kappa shape index (κ1) is 13.7. The maximum atomic E-state index is 10.6. The second-order valence-electron chi connectivity index (χ2n) is 4.44. The van der Waals surface area contributed by atoms with Gasteiger partial charge >= 0.3 is 0 Å². The van der Waals surface area contributed by atoms with Crippen LogP contribution >= 0.6 is 0 Å². The van der Waals surface area contributed by atoms with E-state index in [1.54, 1.807) is 0 Å². The highest BCUT2D eigenvalue weighted by atomic mass is 16.1. The van der Waals surface area contributed by atoms with Crippen LogP contribution in [0.1, 0.15) is 43.5 Å². The number of primary amides is 1. The van der Waals surface area contributed by atoms with Crippen LogP contribution in [0.4, 0.5) is 0 Å². The highest BCUT2D eigenvalue weighted by Crippen LogP contribution is 2.15. The number of unbranched alkanes of at least 4 members (excludes halogenated alkanes) is 1. The Morgan fingerprint density at radius 1 is 1.59 bits per heavy atom. The van der Waals surface area contributed by atoms with E-state index >= 15 is 0 Å². The number of rotatable bonds is 7. The standard InChI is InChI=1S/C12H22N4O/c1-9(11-8-16(3)15-10(11)2)14-7-5-4-6-12(13)17/h8-9,14H,4-7H2,1-3H3,(H2,13,17). The lowest BCUT2D eigenvalue weighted by molar-refractivity contribution is -0.118. The summed E-state index contributed by atoms with van der Waals surface area (Å²) in [5, 5.41) is 7.74. The van der Waals surface area contributed by atoms with Crippen molar-refractivity contribution in [1.82, 2.24) is 15.1 Å². The zero-order valence-electron chi connectivity index (χ0n) is 10.9. The van der Waals surface area contributed by atoms with E-state index < -0.39 is 0 Å². The molecule has 0 aromatic carbocycles. The Morgan fingerprint density at radius 3 is 2.82 bits per heavy atom. The first-order valence-electron chi connectivity index (χ1n) is 6.02. The number of hydrogen-bond donors (Lipinski definition) is 2. The van der Waals surface area contributed by atoms with Crippen LogP contribution in [-0.4, -0.2) is 22.2 Å². The van der Waals surface area contributed by atoms with Crippen molar-refractivity contribution in [3.05, 3.63) is 17.5 Å². The van der Waals surface area contributed by atoms with Gasteiger partial charge in [-0.25, -0.2) is 0 Å². The summed E-state index contributed by atoms with van der Waals surface area (Å²) in [7, 11) is 1.93. The summed E-state index contributed by atoms with van der Waals surface area (Å²) < 4.78 is 1.83. The molecule has 0 spiro atoms. The van der Waals surface area contributed by atoms with Gasteiger partial charge in [-0.05, 0) is 33.2 Å². The molecular formula is C12H22N4O. The molecule has 0 saturated carbocycles. The Labute approximate surface area is 102 Å². The first-order valence-corrected chi connectivity index (χ1v) is 6.02. The number of nitrogens with one attached hydrogen (secondary N) is 1. The molecule has 1 heterocycles. The minimum atomic E-state index is -0.221. The number of aromatic nitrogens is 2. The molecule has 1 unspecified atom stereocenters. The zero-order chi connectivity index (χ0) is 12.8. The number of nitrogens with zero attached hydrogens (tertiary/aromatic N) is 2. The van der Waals surface area contributed by atoms with Crippen LogP contribution in [0, 0.1) is 6.92 Å². The van der Waals surface area contributed by atoms with E-state index in [0.29, 0.717) is 6.42 Å². The van der Waals surface area contributed by atoms with Gasteiger partial charge in [-0.1, -0.05) is 0 Å². The van der Waals surface area contributed by atoms with Gasteiger partial charge in [-0.2, -0.15) is 5.10 Å². The van der Waals surface area contributed by atoms with E-state index in [1.807, 2.05) is 24.9 Å². The number of carbonyl (C=O) groups is 1. The maximum Gasteiger partial charge on any atom is 0.217 e. The quantitative estimate of drug-likeness (QED) is 0.697. The van der Waals surface area contributed by atoms with Crippen molar-refractivity contribution in [2.75, 3.05) is 6.54 Å². The predicted octanol–water partition coefficient (Wildman–Crippen LogP) is 1.03. The molecule has 96 valence electrons. The molecule has 0 aliphatic heterocycles. The fourth-order valence-corrected chi connectivity index (χ4v) is 1.90. The Hall–Kier alpha value is -1.36. The minimum Gasteiger partial charge on any atom is -0.370 e. The smallest absolute Gasteiger partial charge is 0.217 e. The summed E-state index contributed by atoms with van der Waals surface area (Å²) >= 11 is 0. The number of hydrogen-bond acceptors (Lipinski definition) is 3. The Morgan fingerprint density at radius 2 is 2.29 bits per heavy atom. The molecule has 0 bridgehead atoms. The minimum absolute atomic E-state index is 0.221. The van der Waals surface area contributed by atoms with Crippen molar-refractivity contribution in [3.63, 3.8) is 0 Å². The van der Waals surface area contributed by atoms with Crippen molar-refractivity contribution in [1.29, 1.82) is 0 Å². The number of amides is 1. The number of aryl methyl sites for hydroxylation is 2. The van der Waals surface area contributed by atoms with E-state index in [0.717, 1.165) is 25.1 Å². The second kappa shape index (κ2) is 6.39. The molecular weight excluding hydrogens is 216 g/mol. The van der Waals surface area contributed by atoms with Crippen LogP contribution in [0.5, 0.6) is 0 Å². The van der Waals surface area contributed by atoms with Gasteiger partial charge < -0.3 is 11.1 Å². The van der Waals surface area contributed by atoms with Crippen molar-refractivity contribution >= 4 is 5.91 Å². The summed E-state index contributed by atoms with van der Waals surface area (Å²) in [6.45, 7) is 5.03. The van der Waals surface area contributed by atoms with E-state index in [2.05, 4.69) is 17.3 Å². The second-order valence-corrected chi connectivity index (χ2v) is 4.44. The molecule has 5 nitrogen and oxygen atoms in total. The highest BCUT2D eigenvalue weighted by molar-refractivity contribution is 5.73. The largest absolute Gasteiger partial charge is 0.370 e. The Balaban J connectivity index is 2.28. The van der Waals surface area contributed by atoms with Gasteiger partial charge in [0.1, 0.15) is 0 Å². The Bertz CT molecular complexity index is 373. The molecule has 1 amide bonds. The molecule has 1 atom stereocenters. The molecule has 1 rings (SSSR count).